The topological polar surface area (TPSA) is 34.2 Å². The van der Waals surface area contributed by atoms with Gasteiger partial charge in [0.2, 0.25) is 0 Å². The molecule has 0 atom stereocenters. The van der Waals surface area contributed by atoms with Crippen LogP contribution >= 0.6 is 0 Å². The highest BCUT2D eigenvalue weighted by molar-refractivity contribution is 5.82. The first-order valence-electron chi connectivity index (χ1n) is 7.54. The fourth-order valence-corrected chi connectivity index (χ4v) is 2.98. The second-order valence-corrected chi connectivity index (χ2v) is 5.96. The van der Waals surface area contributed by atoms with Crippen molar-refractivity contribution in [2.75, 3.05) is 26.4 Å². The average molecular weight is 281 g/mol. The van der Waals surface area contributed by atoms with E-state index in [1.165, 1.54) is 22.4 Å². The summed E-state index contributed by atoms with van der Waals surface area (Å²) in [6, 6.07) is 10.7. The lowest BCUT2D eigenvalue weighted by molar-refractivity contribution is 0.417. The van der Waals surface area contributed by atoms with Gasteiger partial charge in [0.25, 0.3) is 0 Å². The molecule has 2 aromatic rings. The van der Waals surface area contributed by atoms with E-state index in [4.69, 9.17) is 5.73 Å². The van der Waals surface area contributed by atoms with Gasteiger partial charge in [-0.2, -0.15) is 0 Å². The van der Waals surface area contributed by atoms with Crippen LogP contribution < -0.4 is 5.73 Å². The molecule has 1 aromatic heterocycles. The number of rotatable bonds is 3. The van der Waals surface area contributed by atoms with Gasteiger partial charge in [0, 0.05) is 36.2 Å². The smallest absolute Gasteiger partial charge is 0.0483 e. The Morgan fingerprint density at radius 1 is 1.29 bits per heavy atom. The number of nitrogens with two attached hydrogens (primary N) is 1. The average Bonchev–Trinajstić information content (AvgIpc) is 2.85. The zero-order chi connectivity index (χ0) is 14.8. The summed E-state index contributed by atoms with van der Waals surface area (Å²) in [6.45, 7) is 2.09. The van der Waals surface area contributed by atoms with Crippen molar-refractivity contribution in [2.24, 2.45) is 0 Å². The van der Waals surface area contributed by atoms with Crippen molar-refractivity contribution in [1.29, 1.82) is 0 Å². The summed E-state index contributed by atoms with van der Waals surface area (Å²) in [7, 11) is 4.22. The quantitative estimate of drug-likeness (QED) is 0.878. The Balaban J connectivity index is 2.06. The van der Waals surface area contributed by atoms with Crippen LogP contribution in [0.5, 0.6) is 0 Å². The van der Waals surface area contributed by atoms with Gasteiger partial charge in [-0.1, -0.05) is 12.1 Å². The van der Waals surface area contributed by atoms with E-state index in [2.05, 4.69) is 60.1 Å². The van der Waals surface area contributed by atoms with Crippen LogP contribution in [0.4, 0.5) is 5.69 Å². The Morgan fingerprint density at radius 3 is 2.95 bits per heavy atom. The molecule has 0 spiro atoms. The Morgan fingerprint density at radius 2 is 2.14 bits per heavy atom. The van der Waals surface area contributed by atoms with Crippen LogP contribution in [0.15, 0.2) is 42.6 Å². The summed E-state index contributed by atoms with van der Waals surface area (Å²) in [5.74, 6) is 0. The molecule has 0 unspecified atom stereocenters. The molecule has 0 bridgehead atoms. The third kappa shape index (κ3) is 2.88. The Hall–Kier alpha value is -2.00. The highest BCUT2D eigenvalue weighted by Gasteiger charge is 2.17. The van der Waals surface area contributed by atoms with Crippen molar-refractivity contribution < 1.29 is 0 Å². The number of benzene rings is 1. The van der Waals surface area contributed by atoms with Gasteiger partial charge >= 0.3 is 0 Å². The minimum atomic E-state index is 0.840. The van der Waals surface area contributed by atoms with E-state index >= 15 is 0 Å². The van der Waals surface area contributed by atoms with Crippen LogP contribution in [0.1, 0.15) is 23.2 Å². The maximum atomic E-state index is 6.03. The molecule has 0 saturated carbocycles. The first-order valence-corrected chi connectivity index (χ1v) is 7.54. The van der Waals surface area contributed by atoms with Crippen molar-refractivity contribution in [2.45, 2.75) is 19.4 Å². The van der Waals surface area contributed by atoms with Crippen molar-refractivity contribution in [3.8, 4) is 0 Å². The van der Waals surface area contributed by atoms with Crippen LogP contribution in [-0.4, -0.2) is 30.1 Å². The van der Waals surface area contributed by atoms with Gasteiger partial charge in [-0.15, -0.1) is 0 Å². The number of fused-ring (bicyclic) bond motifs is 2. The number of anilines is 1. The van der Waals surface area contributed by atoms with E-state index in [0.717, 1.165) is 31.6 Å². The molecule has 3 nitrogen and oxygen atoms in total. The van der Waals surface area contributed by atoms with Gasteiger partial charge in [-0.25, -0.2) is 0 Å². The minimum Gasteiger partial charge on any atom is -0.399 e. The number of hydrogen-bond acceptors (Lipinski definition) is 2. The molecule has 0 aliphatic carbocycles. The summed E-state index contributed by atoms with van der Waals surface area (Å²) in [6.07, 6.45) is 6.63. The summed E-state index contributed by atoms with van der Waals surface area (Å²) in [5.41, 5.74) is 12.2. The Labute approximate surface area is 126 Å². The van der Waals surface area contributed by atoms with E-state index in [1.54, 1.807) is 0 Å². The summed E-state index contributed by atoms with van der Waals surface area (Å²) >= 11 is 0. The maximum Gasteiger partial charge on any atom is 0.0483 e. The first-order chi connectivity index (χ1) is 10.1. The van der Waals surface area contributed by atoms with Gasteiger partial charge in [0.1, 0.15) is 0 Å². The predicted molar refractivity (Wildman–Crippen MR) is 89.2 cm³/mol. The van der Waals surface area contributed by atoms with E-state index in [9.17, 15) is 0 Å². The molecule has 1 aliphatic heterocycles. The standard InChI is InChI=1S/C18H23N3/c1-20(2)10-3-5-16-17-13-15(19)8-7-14(17)9-12-21-11-4-6-18(16)21/h4-8,11,13H,3,9-10,12,19H2,1-2H3/b16-5+. The van der Waals surface area contributed by atoms with Crippen LogP contribution in [0.3, 0.4) is 0 Å². The van der Waals surface area contributed by atoms with Crippen molar-refractivity contribution >= 4 is 11.3 Å². The molecule has 3 rings (SSSR count). The highest BCUT2D eigenvalue weighted by atomic mass is 15.0. The molecule has 21 heavy (non-hydrogen) atoms. The third-order valence-electron chi connectivity index (χ3n) is 4.08. The predicted octanol–water partition coefficient (Wildman–Crippen LogP) is 3.01. The maximum absolute atomic E-state index is 6.03. The lowest BCUT2D eigenvalue weighted by Crippen LogP contribution is -2.12. The number of nitrogen functional groups attached to an aromatic ring is 1. The lowest BCUT2D eigenvalue weighted by Gasteiger charge is -2.12. The van der Waals surface area contributed by atoms with Crippen LogP contribution in [0.25, 0.3) is 5.57 Å². The Kier molecular flexibility index (Phi) is 3.84. The summed E-state index contributed by atoms with van der Waals surface area (Å²) in [4.78, 5) is 2.22. The van der Waals surface area contributed by atoms with Crippen LogP contribution in [0, 0.1) is 0 Å². The molecule has 0 amide bonds. The second-order valence-electron chi connectivity index (χ2n) is 5.96. The third-order valence-corrected chi connectivity index (χ3v) is 4.08. The fourth-order valence-electron chi connectivity index (χ4n) is 2.98. The monoisotopic (exact) mass is 281 g/mol. The van der Waals surface area contributed by atoms with E-state index < -0.39 is 0 Å². The molecule has 110 valence electrons. The lowest BCUT2D eigenvalue weighted by atomic mass is 9.95. The van der Waals surface area contributed by atoms with Gasteiger partial charge < -0.3 is 15.2 Å². The molecule has 1 aromatic carbocycles. The number of nitrogens with zero attached hydrogens (tertiary/aromatic N) is 2. The molecule has 2 N–H and O–H groups in total. The fraction of sp³-hybridized carbons (Fsp3) is 0.333. The number of aromatic nitrogens is 1. The molecule has 2 heterocycles. The molecule has 0 saturated heterocycles. The van der Waals surface area contributed by atoms with Gasteiger partial charge in [-0.05, 0) is 62.3 Å². The molecule has 1 aliphatic rings. The number of hydrogen-bond donors (Lipinski definition) is 1. The summed E-state index contributed by atoms with van der Waals surface area (Å²) < 4.78 is 2.34. The summed E-state index contributed by atoms with van der Waals surface area (Å²) in [5, 5.41) is 0. The SMILES string of the molecule is CN(C)CC/C=C1\c2cc(N)ccc2CCn2cccc21. The van der Waals surface area contributed by atoms with Crippen molar-refractivity contribution in [3.63, 3.8) is 0 Å². The van der Waals surface area contributed by atoms with Gasteiger partial charge in [0.05, 0.1) is 0 Å². The van der Waals surface area contributed by atoms with Gasteiger partial charge in [0.15, 0.2) is 0 Å². The van der Waals surface area contributed by atoms with E-state index in [0.29, 0.717) is 0 Å². The normalized spacial score (nSPS) is 15.9. The highest BCUT2D eigenvalue weighted by Crippen LogP contribution is 2.32. The molecule has 0 radical (unpaired) electrons. The molecular formula is C18H23N3. The number of aryl methyl sites for hydroxylation is 2. The van der Waals surface area contributed by atoms with Crippen LogP contribution in [-0.2, 0) is 13.0 Å². The Bertz CT molecular complexity index is 665. The minimum absolute atomic E-state index is 0.840. The molecule has 3 heteroatoms. The van der Waals surface area contributed by atoms with Crippen molar-refractivity contribution in [1.82, 2.24) is 9.47 Å². The second kappa shape index (κ2) is 5.78. The molecule has 0 fully saturated rings. The van der Waals surface area contributed by atoms with Gasteiger partial charge in [-0.3, -0.25) is 0 Å². The zero-order valence-corrected chi connectivity index (χ0v) is 12.8. The zero-order valence-electron chi connectivity index (χ0n) is 12.8. The largest absolute Gasteiger partial charge is 0.399 e. The van der Waals surface area contributed by atoms with Crippen LogP contribution in [0.2, 0.25) is 0 Å². The van der Waals surface area contributed by atoms with Crippen molar-refractivity contribution in [3.05, 3.63) is 59.4 Å². The first kappa shape index (κ1) is 14.0. The molecular weight excluding hydrogens is 258 g/mol. The van der Waals surface area contributed by atoms with E-state index in [-0.39, 0.29) is 0 Å². The van der Waals surface area contributed by atoms with E-state index in [1.807, 2.05) is 6.07 Å².